The molecule has 1 heterocycles. The van der Waals surface area contributed by atoms with Gasteiger partial charge in [0.2, 0.25) is 10.0 Å². The number of carbonyl (C=O) groups excluding carboxylic acids is 1. The molecular formula is C20H23N3O6S. The first kappa shape index (κ1) is 21.7. The third-order valence-corrected chi connectivity index (χ3v) is 6.96. The predicted molar refractivity (Wildman–Crippen MR) is 111 cm³/mol. The van der Waals surface area contributed by atoms with E-state index in [1.165, 1.54) is 29.6 Å². The molecule has 9 nitrogen and oxygen atoms in total. The highest BCUT2D eigenvalue weighted by molar-refractivity contribution is 7.89. The molecule has 0 unspecified atom stereocenters. The topological polar surface area (TPSA) is 110 Å². The predicted octanol–water partition coefficient (Wildman–Crippen LogP) is 2.59. The molecule has 0 aromatic heterocycles. The summed E-state index contributed by atoms with van der Waals surface area (Å²) in [6, 6.07) is 10.7. The van der Waals surface area contributed by atoms with Crippen LogP contribution in [0.15, 0.2) is 47.4 Å². The van der Waals surface area contributed by atoms with E-state index in [0.29, 0.717) is 31.7 Å². The summed E-state index contributed by atoms with van der Waals surface area (Å²) in [6.07, 6.45) is 0.544. The molecule has 0 spiro atoms. The highest BCUT2D eigenvalue weighted by Gasteiger charge is 2.28. The summed E-state index contributed by atoms with van der Waals surface area (Å²) >= 11 is 0. The zero-order chi connectivity index (χ0) is 21.9. The number of rotatable bonds is 5. The number of sulfonamides is 1. The fourth-order valence-corrected chi connectivity index (χ4v) is 4.89. The van der Waals surface area contributed by atoms with Crippen molar-refractivity contribution >= 4 is 27.4 Å². The van der Waals surface area contributed by atoms with Crippen molar-refractivity contribution in [1.29, 1.82) is 0 Å². The number of anilines is 1. The second-order valence-electron chi connectivity index (χ2n) is 7.01. The van der Waals surface area contributed by atoms with E-state index < -0.39 is 20.9 Å². The van der Waals surface area contributed by atoms with Crippen LogP contribution in [0, 0.1) is 17.0 Å². The zero-order valence-electron chi connectivity index (χ0n) is 16.8. The maximum absolute atomic E-state index is 13.0. The first-order valence-corrected chi connectivity index (χ1v) is 10.9. The minimum Gasteiger partial charge on any atom is -0.465 e. The average Bonchev–Trinajstić information content (AvgIpc) is 2.99. The van der Waals surface area contributed by atoms with Crippen molar-refractivity contribution in [1.82, 2.24) is 4.31 Å². The highest BCUT2D eigenvalue weighted by atomic mass is 32.2. The van der Waals surface area contributed by atoms with Crippen LogP contribution < -0.4 is 4.90 Å². The van der Waals surface area contributed by atoms with E-state index >= 15 is 0 Å². The Morgan fingerprint density at radius 2 is 1.77 bits per heavy atom. The molecule has 0 aliphatic carbocycles. The van der Waals surface area contributed by atoms with Crippen LogP contribution in [0.2, 0.25) is 0 Å². The van der Waals surface area contributed by atoms with E-state index in [2.05, 4.69) is 0 Å². The molecule has 0 radical (unpaired) electrons. The summed E-state index contributed by atoms with van der Waals surface area (Å²) in [5.41, 5.74) is 1.34. The Balaban J connectivity index is 1.85. The Morgan fingerprint density at radius 3 is 2.40 bits per heavy atom. The molecule has 30 heavy (non-hydrogen) atoms. The van der Waals surface area contributed by atoms with Gasteiger partial charge in [0.25, 0.3) is 5.69 Å². The van der Waals surface area contributed by atoms with Crippen molar-refractivity contribution in [2.24, 2.45) is 0 Å². The lowest BCUT2D eigenvalue weighted by atomic mass is 10.1. The van der Waals surface area contributed by atoms with Gasteiger partial charge in [0.15, 0.2) is 0 Å². The average molecular weight is 433 g/mol. The number of carbonyl (C=O) groups is 1. The van der Waals surface area contributed by atoms with Gasteiger partial charge in [-0.25, -0.2) is 13.2 Å². The lowest BCUT2D eigenvalue weighted by molar-refractivity contribution is -0.384. The molecule has 160 valence electrons. The van der Waals surface area contributed by atoms with Crippen molar-refractivity contribution in [3.05, 3.63) is 63.7 Å². The molecule has 1 aliphatic heterocycles. The molecule has 1 saturated heterocycles. The van der Waals surface area contributed by atoms with Gasteiger partial charge in [0, 0.05) is 38.3 Å². The summed E-state index contributed by atoms with van der Waals surface area (Å²) in [6.45, 7) is 3.30. The molecule has 1 fully saturated rings. The lowest BCUT2D eigenvalue weighted by Gasteiger charge is -2.25. The quantitative estimate of drug-likeness (QED) is 0.405. The summed E-state index contributed by atoms with van der Waals surface area (Å²) in [7, 11) is -2.42. The third kappa shape index (κ3) is 4.44. The SMILES string of the molecule is COC(=O)c1cc([N+](=O)[O-])ccc1N1CCCN(S(=O)(=O)c2ccc(C)cc2)CC1. The molecule has 0 amide bonds. The monoisotopic (exact) mass is 433 g/mol. The number of benzene rings is 2. The van der Waals surface area contributed by atoms with E-state index in [1.54, 1.807) is 24.3 Å². The summed E-state index contributed by atoms with van der Waals surface area (Å²) < 4.78 is 32.2. The molecule has 2 aromatic rings. The van der Waals surface area contributed by atoms with Gasteiger partial charge in [-0.3, -0.25) is 10.1 Å². The number of hydrogen-bond donors (Lipinski definition) is 0. The largest absolute Gasteiger partial charge is 0.465 e. The van der Waals surface area contributed by atoms with Gasteiger partial charge in [-0.15, -0.1) is 0 Å². The van der Waals surface area contributed by atoms with Crippen LogP contribution in [0.1, 0.15) is 22.3 Å². The van der Waals surface area contributed by atoms with E-state index in [9.17, 15) is 23.3 Å². The second kappa shape index (κ2) is 8.80. The fraction of sp³-hybridized carbons (Fsp3) is 0.350. The van der Waals surface area contributed by atoms with Crippen molar-refractivity contribution in [3.63, 3.8) is 0 Å². The molecule has 0 atom stereocenters. The van der Waals surface area contributed by atoms with Crippen molar-refractivity contribution in [2.75, 3.05) is 38.2 Å². The molecule has 1 aliphatic rings. The minimum absolute atomic E-state index is 0.0848. The summed E-state index contributed by atoms with van der Waals surface area (Å²) in [5, 5.41) is 11.1. The van der Waals surface area contributed by atoms with Gasteiger partial charge in [0.05, 0.1) is 28.2 Å². The smallest absolute Gasteiger partial charge is 0.340 e. The normalized spacial score (nSPS) is 15.5. The van der Waals surface area contributed by atoms with E-state index in [0.717, 1.165) is 5.56 Å². The number of esters is 1. The molecule has 0 bridgehead atoms. The van der Waals surface area contributed by atoms with Crippen LogP contribution in [0.3, 0.4) is 0 Å². The number of nitro groups is 1. The number of methoxy groups -OCH3 is 1. The standard InChI is InChI=1S/C20H23N3O6S/c1-15-4-7-17(8-5-15)30(27,28)22-11-3-10-21(12-13-22)19-9-6-16(23(25)26)14-18(19)20(24)29-2/h4-9,14H,3,10-13H2,1-2H3. The lowest BCUT2D eigenvalue weighted by Crippen LogP contribution is -2.35. The van der Waals surface area contributed by atoms with Gasteiger partial charge >= 0.3 is 5.97 Å². The maximum atomic E-state index is 13.0. The Labute approximate surface area is 175 Å². The molecule has 10 heteroatoms. The van der Waals surface area contributed by atoms with Crippen LogP contribution >= 0.6 is 0 Å². The summed E-state index contributed by atoms with van der Waals surface area (Å²) in [4.78, 5) is 24.8. The van der Waals surface area contributed by atoms with Crippen LogP contribution in [-0.4, -0.2) is 56.9 Å². The van der Waals surface area contributed by atoms with Gasteiger partial charge in [-0.05, 0) is 31.5 Å². The minimum atomic E-state index is -3.63. The number of ether oxygens (including phenoxy) is 1. The van der Waals surface area contributed by atoms with Crippen LogP contribution in [0.4, 0.5) is 11.4 Å². The van der Waals surface area contributed by atoms with Crippen LogP contribution in [0.25, 0.3) is 0 Å². The first-order chi connectivity index (χ1) is 14.2. The molecule has 0 N–H and O–H groups in total. The van der Waals surface area contributed by atoms with Gasteiger partial charge < -0.3 is 9.64 Å². The third-order valence-electron chi connectivity index (χ3n) is 5.05. The second-order valence-corrected chi connectivity index (χ2v) is 8.95. The van der Waals surface area contributed by atoms with E-state index in [1.807, 2.05) is 11.8 Å². The van der Waals surface area contributed by atoms with Crippen LogP contribution in [0.5, 0.6) is 0 Å². The summed E-state index contributed by atoms with van der Waals surface area (Å²) in [5.74, 6) is -0.679. The number of non-ortho nitro benzene ring substituents is 1. The van der Waals surface area contributed by atoms with Gasteiger partial charge in [0.1, 0.15) is 0 Å². The van der Waals surface area contributed by atoms with Gasteiger partial charge in [-0.2, -0.15) is 4.31 Å². The van der Waals surface area contributed by atoms with E-state index in [-0.39, 0.29) is 22.7 Å². The van der Waals surface area contributed by atoms with Crippen LogP contribution in [-0.2, 0) is 14.8 Å². The Morgan fingerprint density at radius 1 is 1.07 bits per heavy atom. The number of nitrogens with zero attached hydrogens (tertiary/aromatic N) is 3. The fourth-order valence-electron chi connectivity index (χ4n) is 3.42. The molecule has 3 rings (SSSR count). The zero-order valence-corrected chi connectivity index (χ0v) is 17.6. The number of hydrogen-bond acceptors (Lipinski definition) is 7. The van der Waals surface area contributed by atoms with Crippen molar-refractivity contribution in [2.45, 2.75) is 18.2 Å². The van der Waals surface area contributed by atoms with Gasteiger partial charge in [-0.1, -0.05) is 17.7 Å². The Hall–Kier alpha value is -2.98. The number of aryl methyl sites for hydroxylation is 1. The molecule has 2 aromatic carbocycles. The maximum Gasteiger partial charge on any atom is 0.340 e. The first-order valence-electron chi connectivity index (χ1n) is 9.42. The van der Waals surface area contributed by atoms with Crippen molar-refractivity contribution < 1.29 is 22.9 Å². The van der Waals surface area contributed by atoms with Crippen molar-refractivity contribution in [3.8, 4) is 0 Å². The molecular weight excluding hydrogens is 410 g/mol. The molecule has 0 saturated carbocycles. The highest BCUT2D eigenvalue weighted by Crippen LogP contribution is 2.28. The van der Waals surface area contributed by atoms with E-state index in [4.69, 9.17) is 4.74 Å². The Kier molecular flexibility index (Phi) is 6.37. The number of nitro benzene ring substituents is 1. The Bertz CT molecular complexity index is 1050.